The molecule has 0 unspecified atom stereocenters. The maximum Gasteiger partial charge on any atom is -0.000640 e. The van der Waals surface area contributed by atoms with E-state index in [1.807, 2.05) is 13.1 Å². The van der Waals surface area contributed by atoms with Gasteiger partial charge in [0, 0.05) is 0 Å². The van der Waals surface area contributed by atoms with Crippen LogP contribution in [0.15, 0.2) is 23.6 Å². The van der Waals surface area contributed by atoms with Crippen molar-refractivity contribution in [3.8, 4) is 0 Å². The zero-order chi connectivity index (χ0) is 7.11. The zero-order valence-corrected chi connectivity index (χ0v) is 6.62. The Hall–Kier alpha value is -0.210. The molecule has 0 radical (unpaired) electrons. The maximum absolute atomic E-state index is 4.19. The van der Waals surface area contributed by atoms with Crippen molar-refractivity contribution in [2.24, 2.45) is 0 Å². The highest BCUT2D eigenvalue weighted by Crippen LogP contribution is 2.03. The van der Waals surface area contributed by atoms with Crippen LogP contribution >= 0.6 is 12.6 Å². The third kappa shape index (κ3) is 5.66. The fourth-order valence-electron chi connectivity index (χ4n) is 0.472. The van der Waals surface area contributed by atoms with Gasteiger partial charge in [-0.2, -0.15) is 0 Å². The van der Waals surface area contributed by atoms with Crippen molar-refractivity contribution in [1.29, 1.82) is 0 Å². The predicted molar refractivity (Wildman–Crippen MR) is 45.8 cm³/mol. The van der Waals surface area contributed by atoms with E-state index in [1.54, 1.807) is 6.08 Å². The molecule has 0 amide bonds. The summed E-state index contributed by atoms with van der Waals surface area (Å²) in [6.07, 6.45) is 4.63. The molecule has 2 heteroatoms. The van der Waals surface area contributed by atoms with E-state index in [0.717, 1.165) is 17.9 Å². The minimum absolute atomic E-state index is 0.975. The molecule has 0 saturated carbocycles. The second-order valence-electron chi connectivity index (χ2n) is 1.75. The van der Waals surface area contributed by atoms with Crippen LogP contribution in [-0.4, -0.2) is 13.6 Å². The van der Waals surface area contributed by atoms with Crippen LogP contribution in [0.4, 0.5) is 0 Å². The largest absolute Gasteiger partial charge is 0.319 e. The minimum atomic E-state index is 0.975. The standard InChI is InChI=1S/C7H13NS/c1-3-4-7(9)5-6-8-2/h3-4,8-9H,1,5-6H2,2H3/b7-4-. The van der Waals surface area contributed by atoms with Crippen molar-refractivity contribution in [3.05, 3.63) is 23.6 Å². The fourth-order valence-corrected chi connectivity index (χ4v) is 0.690. The lowest BCUT2D eigenvalue weighted by Gasteiger charge is -1.95. The molecule has 0 aromatic rings. The summed E-state index contributed by atoms with van der Waals surface area (Å²) >= 11 is 4.19. The van der Waals surface area contributed by atoms with Gasteiger partial charge < -0.3 is 5.32 Å². The molecule has 0 aliphatic carbocycles. The molecule has 0 aliphatic heterocycles. The van der Waals surface area contributed by atoms with Gasteiger partial charge in [-0.15, -0.1) is 12.6 Å². The molecule has 0 fully saturated rings. The first kappa shape index (κ1) is 8.79. The summed E-state index contributed by atoms with van der Waals surface area (Å²) in [5.41, 5.74) is 0. The number of thiol groups is 1. The maximum atomic E-state index is 4.19. The first-order valence-corrected chi connectivity index (χ1v) is 3.41. The molecule has 0 saturated heterocycles. The van der Waals surface area contributed by atoms with Crippen LogP contribution in [0.2, 0.25) is 0 Å². The van der Waals surface area contributed by atoms with Gasteiger partial charge in [0.15, 0.2) is 0 Å². The van der Waals surface area contributed by atoms with Crippen LogP contribution in [0, 0.1) is 0 Å². The number of hydrogen-bond donors (Lipinski definition) is 2. The molecule has 0 atom stereocenters. The Morgan fingerprint density at radius 2 is 2.44 bits per heavy atom. The molecule has 0 aromatic heterocycles. The Morgan fingerprint density at radius 1 is 1.78 bits per heavy atom. The lowest BCUT2D eigenvalue weighted by Crippen LogP contribution is -2.06. The van der Waals surface area contributed by atoms with Gasteiger partial charge in [-0.05, 0) is 24.9 Å². The lowest BCUT2D eigenvalue weighted by molar-refractivity contribution is 0.803. The van der Waals surface area contributed by atoms with Crippen molar-refractivity contribution >= 4 is 12.6 Å². The van der Waals surface area contributed by atoms with Gasteiger partial charge in [-0.3, -0.25) is 0 Å². The van der Waals surface area contributed by atoms with Crippen molar-refractivity contribution in [1.82, 2.24) is 5.32 Å². The summed E-state index contributed by atoms with van der Waals surface area (Å²) in [6, 6.07) is 0. The van der Waals surface area contributed by atoms with Crippen molar-refractivity contribution in [2.45, 2.75) is 6.42 Å². The highest BCUT2D eigenvalue weighted by Gasteiger charge is 1.84. The molecule has 9 heavy (non-hydrogen) atoms. The summed E-state index contributed by atoms with van der Waals surface area (Å²) in [6.45, 7) is 4.54. The molecule has 1 nitrogen and oxygen atoms in total. The Balaban J connectivity index is 3.36. The van der Waals surface area contributed by atoms with E-state index in [0.29, 0.717) is 0 Å². The predicted octanol–water partition coefficient (Wildman–Crippen LogP) is 1.60. The summed E-state index contributed by atoms with van der Waals surface area (Å²) < 4.78 is 0. The second kappa shape index (κ2) is 5.92. The van der Waals surface area contributed by atoms with Gasteiger partial charge in [0.2, 0.25) is 0 Å². The van der Waals surface area contributed by atoms with E-state index in [1.165, 1.54) is 0 Å². The Morgan fingerprint density at radius 3 is 2.89 bits per heavy atom. The summed E-state index contributed by atoms with van der Waals surface area (Å²) in [4.78, 5) is 1.07. The highest BCUT2D eigenvalue weighted by molar-refractivity contribution is 7.84. The molecule has 0 spiro atoms. The van der Waals surface area contributed by atoms with E-state index in [2.05, 4.69) is 24.5 Å². The van der Waals surface area contributed by atoms with Crippen LogP contribution in [-0.2, 0) is 0 Å². The normalized spacial score (nSPS) is 11.6. The molecular weight excluding hydrogens is 130 g/mol. The molecule has 0 bridgehead atoms. The quantitative estimate of drug-likeness (QED) is 0.450. The van der Waals surface area contributed by atoms with Gasteiger partial charge in [-0.1, -0.05) is 18.7 Å². The second-order valence-corrected chi connectivity index (χ2v) is 2.32. The van der Waals surface area contributed by atoms with Crippen molar-refractivity contribution in [2.75, 3.05) is 13.6 Å². The summed E-state index contributed by atoms with van der Waals surface area (Å²) in [5.74, 6) is 0. The monoisotopic (exact) mass is 143 g/mol. The van der Waals surface area contributed by atoms with Gasteiger partial charge in [-0.25, -0.2) is 0 Å². The highest BCUT2D eigenvalue weighted by atomic mass is 32.1. The molecular formula is C7H13NS. The lowest BCUT2D eigenvalue weighted by atomic mass is 10.3. The topological polar surface area (TPSA) is 12.0 Å². The SMILES string of the molecule is C=C/C=C(\S)CCNC. The Labute approximate surface area is 62.3 Å². The first-order chi connectivity index (χ1) is 4.31. The van der Waals surface area contributed by atoms with E-state index in [9.17, 15) is 0 Å². The Kier molecular flexibility index (Phi) is 5.78. The average molecular weight is 143 g/mol. The van der Waals surface area contributed by atoms with Crippen molar-refractivity contribution < 1.29 is 0 Å². The summed E-state index contributed by atoms with van der Waals surface area (Å²) in [5, 5.41) is 3.03. The first-order valence-electron chi connectivity index (χ1n) is 2.96. The van der Waals surface area contributed by atoms with E-state index in [-0.39, 0.29) is 0 Å². The van der Waals surface area contributed by atoms with Crippen LogP contribution in [0.3, 0.4) is 0 Å². The van der Waals surface area contributed by atoms with Gasteiger partial charge >= 0.3 is 0 Å². The van der Waals surface area contributed by atoms with E-state index in [4.69, 9.17) is 0 Å². The summed E-state index contributed by atoms with van der Waals surface area (Å²) in [7, 11) is 1.93. The molecule has 52 valence electrons. The van der Waals surface area contributed by atoms with Crippen molar-refractivity contribution in [3.63, 3.8) is 0 Å². The van der Waals surface area contributed by atoms with Crippen LogP contribution < -0.4 is 5.32 Å². The fraction of sp³-hybridized carbons (Fsp3) is 0.429. The Bertz CT molecular complexity index is 107. The van der Waals surface area contributed by atoms with Gasteiger partial charge in [0.05, 0.1) is 0 Å². The molecule has 0 aliphatic rings. The average Bonchev–Trinajstić information content (AvgIpc) is 1.85. The van der Waals surface area contributed by atoms with Gasteiger partial charge in [0.25, 0.3) is 0 Å². The number of nitrogens with one attached hydrogen (secondary N) is 1. The smallest absolute Gasteiger partial charge is 0.000640 e. The van der Waals surface area contributed by atoms with Crippen LogP contribution in [0.5, 0.6) is 0 Å². The molecule has 1 N–H and O–H groups in total. The third-order valence-electron chi connectivity index (χ3n) is 0.941. The number of hydrogen-bond acceptors (Lipinski definition) is 2. The minimum Gasteiger partial charge on any atom is -0.319 e. The van der Waals surface area contributed by atoms with E-state index < -0.39 is 0 Å². The third-order valence-corrected chi connectivity index (χ3v) is 1.31. The van der Waals surface area contributed by atoms with Crippen LogP contribution in [0.25, 0.3) is 0 Å². The molecule has 0 rings (SSSR count). The van der Waals surface area contributed by atoms with E-state index >= 15 is 0 Å². The van der Waals surface area contributed by atoms with Crippen LogP contribution in [0.1, 0.15) is 6.42 Å². The molecule has 0 aromatic carbocycles. The molecule has 0 heterocycles. The zero-order valence-electron chi connectivity index (χ0n) is 5.72. The van der Waals surface area contributed by atoms with Gasteiger partial charge in [0.1, 0.15) is 0 Å². The number of allylic oxidation sites excluding steroid dienone is 2. The number of rotatable bonds is 4.